The Morgan fingerprint density at radius 1 is 0.587 bits per heavy atom. The molecule has 0 unspecified atom stereocenters. The summed E-state index contributed by atoms with van der Waals surface area (Å²) in [5.74, 6) is 1.28. The molecule has 0 N–H and O–H groups in total. The van der Waals surface area contributed by atoms with E-state index in [4.69, 9.17) is 4.98 Å². The van der Waals surface area contributed by atoms with Gasteiger partial charge in [0.2, 0.25) is 0 Å². The van der Waals surface area contributed by atoms with Gasteiger partial charge >= 0.3 is 0 Å². The van der Waals surface area contributed by atoms with Gasteiger partial charge in [0, 0.05) is 27.4 Å². The molecule has 0 saturated carbocycles. The van der Waals surface area contributed by atoms with Crippen LogP contribution in [0.25, 0.3) is 62.2 Å². The molecule has 2 aromatic heterocycles. The van der Waals surface area contributed by atoms with Crippen molar-refractivity contribution in [3.63, 3.8) is 0 Å². The first kappa shape index (κ1) is 38.5. The van der Waals surface area contributed by atoms with Crippen LogP contribution in [0.2, 0.25) is 0 Å². The van der Waals surface area contributed by atoms with E-state index in [0.29, 0.717) is 11.6 Å². The number of benzene rings is 7. The third-order valence-electron chi connectivity index (χ3n) is 13.8. The van der Waals surface area contributed by atoms with Crippen molar-refractivity contribution in [1.29, 1.82) is 0 Å². The van der Waals surface area contributed by atoms with Gasteiger partial charge < -0.3 is 4.57 Å². The fourth-order valence-electron chi connectivity index (χ4n) is 10.8. The maximum Gasteiger partial charge on any atom is 0.163 e. The Morgan fingerprint density at radius 3 is 1.83 bits per heavy atom. The van der Waals surface area contributed by atoms with Gasteiger partial charge in [0.25, 0.3) is 0 Å². The van der Waals surface area contributed by atoms with E-state index in [9.17, 15) is 0 Å². The van der Waals surface area contributed by atoms with Crippen molar-refractivity contribution in [1.82, 2.24) is 19.5 Å². The van der Waals surface area contributed by atoms with E-state index in [1.165, 1.54) is 72.0 Å². The van der Waals surface area contributed by atoms with Gasteiger partial charge in [-0.25, -0.2) is 15.0 Å². The number of para-hydroxylation sites is 2. The number of allylic oxidation sites excluding steroid dienone is 4. The summed E-state index contributed by atoms with van der Waals surface area (Å²) in [6.45, 7) is 4.68. The molecule has 0 bridgehead atoms. The molecule has 2 aliphatic rings. The number of nitrogens with zero attached hydrogens (tertiary/aromatic N) is 4. The van der Waals surface area contributed by atoms with Crippen LogP contribution in [-0.2, 0) is 10.8 Å². The van der Waals surface area contributed by atoms with Crippen LogP contribution in [-0.4, -0.2) is 19.5 Å². The molecule has 0 amide bonds. The Balaban J connectivity index is 0.914. The second kappa shape index (κ2) is 15.8. The lowest BCUT2D eigenvalue weighted by molar-refractivity contribution is 0.490. The Labute approximate surface area is 369 Å². The number of hydrogen-bond donors (Lipinski definition) is 0. The quantitative estimate of drug-likeness (QED) is 0.129. The Hall–Kier alpha value is -7.43. The highest BCUT2D eigenvalue weighted by molar-refractivity contribution is 6.09. The molecule has 304 valence electrons. The smallest absolute Gasteiger partial charge is 0.163 e. The molecular weight excluding hydrogens is 765 g/mol. The average Bonchev–Trinajstić information content (AvgIpc) is 3.84. The standard InChI is InChI=1S/C59H48N4/c1-3-58(4-2)52-38-41(28-35-48(52)49-36-34-47(39-53(49)58)63-54-26-16-14-24-50(54)51-25-15-17-27-55(51)63)29-37-56-60-40-61-57(62-56)42-30-32-46(33-31-42)59(43-18-8-5-9-19-43,44-20-10-6-11-21-44)45-22-12-7-13-23-45/h5-6,8-12,14-40H,3-4,7,13H2,1-2H3/b37-29+. The molecule has 4 heteroatoms. The minimum absolute atomic E-state index is 0.0990. The molecule has 0 saturated heterocycles. The van der Waals surface area contributed by atoms with Crippen molar-refractivity contribution < 1.29 is 0 Å². The highest BCUT2D eigenvalue weighted by atomic mass is 15.0. The highest BCUT2D eigenvalue weighted by Crippen LogP contribution is 2.54. The van der Waals surface area contributed by atoms with Crippen LogP contribution in [0.4, 0.5) is 0 Å². The van der Waals surface area contributed by atoms with E-state index in [0.717, 1.165) is 36.8 Å². The maximum atomic E-state index is 4.97. The van der Waals surface area contributed by atoms with Crippen molar-refractivity contribution in [2.45, 2.75) is 50.4 Å². The molecule has 0 fully saturated rings. The van der Waals surface area contributed by atoms with Crippen molar-refractivity contribution >= 4 is 34.0 Å². The van der Waals surface area contributed by atoms with Crippen LogP contribution in [0, 0.1) is 0 Å². The largest absolute Gasteiger partial charge is 0.309 e. The Bertz CT molecular complexity index is 3150. The molecule has 0 aliphatic heterocycles. The van der Waals surface area contributed by atoms with Crippen LogP contribution in [0.3, 0.4) is 0 Å². The third kappa shape index (κ3) is 6.23. The number of fused-ring (bicyclic) bond motifs is 6. The van der Waals surface area contributed by atoms with E-state index < -0.39 is 5.41 Å². The minimum Gasteiger partial charge on any atom is -0.309 e. The average molecular weight is 813 g/mol. The molecule has 63 heavy (non-hydrogen) atoms. The van der Waals surface area contributed by atoms with Crippen LogP contribution in [0.5, 0.6) is 0 Å². The molecule has 2 aliphatic carbocycles. The Kier molecular flexibility index (Phi) is 9.65. The van der Waals surface area contributed by atoms with Gasteiger partial charge in [0.05, 0.1) is 16.4 Å². The summed E-state index contributed by atoms with van der Waals surface area (Å²) in [4.78, 5) is 14.2. The summed E-state index contributed by atoms with van der Waals surface area (Å²) in [5.41, 5.74) is 15.6. The SMILES string of the molecule is CCC1(CC)c2cc(/C=C/c3ncnc(-c4ccc(C(C5=CCCC=C5)(c5ccccc5)c5ccccc5)cc4)n3)ccc2-c2ccc(-n3c4ccccc4c4ccccc43)cc21. The van der Waals surface area contributed by atoms with Crippen molar-refractivity contribution in [2.24, 2.45) is 0 Å². The fraction of sp³-hybridized carbons (Fsp3) is 0.136. The first-order valence-electron chi connectivity index (χ1n) is 22.4. The summed E-state index contributed by atoms with van der Waals surface area (Å²) in [6, 6.07) is 62.1. The van der Waals surface area contributed by atoms with Crippen molar-refractivity contribution in [2.75, 3.05) is 0 Å². The van der Waals surface area contributed by atoms with Gasteiger partial charge in [0.15, 0.2) is 11.6 Å². The van der Waals surface area contributed by atoms with Gasteiger partial charge in [-0.15, -0.1) is 0 Å². The van der Waals surface area contributed by atoms with Crippen molar-refractivity contribution in [3.8, 4) is 28.2 Å². The van der Waals surface area contributed by atoms with Crippen LogP contribution in [0.1, 0.15) is 78.7 Å². The van der Waals surface area contributed by atoms with E-state index >= 15 is 0 Å². The first-order valence-corrected chi connectivity index (χ1v) is 22.4. The van der Waals surface area contributed by atoms with Crippen LogP contribution in [0.15, 0.2) is 200 Å². The molecule has 9 aromatic rings. The molecule has 0 atom stereocenters. The molecule has 11 rings (SSSR count). The van der Waals surface area contributed by atoms with Crippen LogP contribution >= 0.6 is 0 Å². The van der Waals surface area contributed by atoms with E-state index in [-0.39, 0.29) is 5.41 Å². The van der Waals surface area contributed by atoms with Gasteiger partial charge in [-0.3, -0.25) is 0 Å². The number of aromatic nitrogens is 4. The predicted octanol–water partition coefficient (Wildman–Crippen LogP) is 14.5. The third-order valence-corrected chi connectivity index (χ3v) is 13.8. The predicted molar refractivity (Wildman–Crippen MR) is 261 cm³/mol. The maximum absolute atomic E-state index is 4.97. The molecule has 0 spiro atoms. The number of rotatable bonds is 10. The molecule has 0 radical (unpaired) electrons. The van der Waals surface area contributed by atoms with Crippen LogP contribution < -0.4 is 0 Å². The zero-order valence-corrected chi connectivity index (χ0v) is 35.7. The van der Waals surface area contributed by atoms with Gasteiger partial charge in [-0.05, 0) is 106 Å². The second-order valence-electron chi connectivity index (χ2n) is 16.9. The molecule has 7 aromatic carbocycles. The minimum atomic E-state index is -0.468. The Morgan fingerprint density at radius 2 is 1.19 bits per heavy atom. The van der Waals surface area contributed by atoms with E-state index in [2.05, 4.69) is 223 Å². The lowest BCUT2D eigenvalue weighted by Crippen LogP contribution is -2.31. The molecular formula is C59H48N4. The zero-order valence-electron chi connectivity index (χ0n) is 35.7. The summed E-state index contributed by atoms with van der Waals surface area (Å²) < 4.78 is 2.44. The summed E-state index contributed by atoms with van der Waals surface area (Å²) in [7, 11) is 0. The first-order chi connectivity index (χ1) is 31.1. The second-order valence-corrected chi connectivity index (χ2v) is 16.9. The van der Waals surface area contributed by atoms with E-state index in [1.54, 1.807) is 6.33 Å². The normalized spacial score (nSPS) is 14.3. The van der Waals surface area contributed by atoms with Gasteiger partial charge in [-0.1, -0.05) is 184 Å². The van der Waals surface area contributed by atoms with Crippen molar-refractivity contribution in [3.05, 3.63) is 239 Å². The lowest BCUT2D eigenvalue weighted by Gasteiger charge is -2.38. The molecule has 2 heterocycles. The lowest BCUT2D eigenvalue weighted by atomic mass is 9.63. The fourth-order valence-corrected chi connectivity index (χ4v) is 10.8. The molecule has 4 nitrogen and oxygen atoms in total. The van der Waals surface area contributed by atoms with E-state index in [1.807, 2.05) is 6.08 Å². The van der Waals surface area contributed by atoms with Gasteiger partial charge in [-0.2, -0.15) is 0 Å². The topological polar surface area (TPSA) is 43.6 Å². The monoisotopic (exact) mass is 812 g/mol. The summed E-state index contributed by atoms with van der Waals surface area (Å²) >= 11 is 0. The summed E-state index contributed by atoms with van der Waals surface area (Å²) in [5, 5.41) is 2.56. The highest BCUT2D eigenvalue weighted by Gasteiger charge is 2.41. The zero-order chi connectivity index (χ0) is 42.4. The number of hydrogen-bond acceptors (Lipinski definition) is 3. The summed E-state index contributed by atoms with van der Waals surface area (Å²) in [6.07, 6.45) is 16.9. The van der Waals surface area contributed by atoms with Gasteiger partial charge in [0.1, 0.15) is 6.33 Å².